The van der Waals surface area contributed by atoms with Crippen LogP contribution >= 0.6 is 0 Å². The van der Waals surface area contributed by atoms with Gasteiger partial charge in [0.15, 0.2) is 11.6 Å². The first-order valence-electron chi connectivity index (χ1n) is 6.65. The summed E-state index contributed by atoms with van der Waals surface area (Å²) in [5, 5.41) is 0. The highest BCUT2D eigenvalue weighted by Crippen LogP contribution is 2.30. The number of fused-ring (bicyclic) bond motifs is 1. The van der Waals surface area contributed by atoms with Crippen LogP contribution in [-0.4, -0.2) is 26.1 Å². The number of H-pyrrole nitrogens is 1. The second-order valence-electron chi connectivity index (χ2n) is 4.87. The molecule has 1 aliphatic rings. The van der Waals surface area contributed by atoms with E-state index in [1.54, 1.807) is 18.6 Å². The Morgan fingerprint density at radius 3 is 3.05 bits per heavy atom. The molecule has 0 fully saturated rings. The van der Waals surface area contributed by atoms with E-state index in [2.05, 4.69) is 25.6 Å². The van der Waals surface area contributed by atoms with Gasteiger partial charge in [-0.1, -0.05) is 18.2 Å². The summed E-state index contributed by atoms with van der Waals surface area (Å²) in [6, 6.07) is 8.43. The Balaban J connectivity index is 1.69. The lowest BCUT2D eigenvalue weighted by molar-refractivity contribution is 0.225. The molecule has 0 bridgehead atoms. The minimum Gasteiger partial charge on any atom is -0.491 e. The number of nitrogens with zero attached hydrogens (tertiary/aromatic N) is 3. The maximum Gasteiger partial charge on any atom is 0.176 e. The van der Waals surface area contributed by atoms with E-state index in [0.29, 0.717) is 6.61 Å². The summed E-state index contributed by atoms with van der Waals surface area (Å²) in [4.78, 5) is 11.8. The van der Waals surface area contributed by atoms with Gasteiger partial charge in [0.05, 0.1) is 6.04 Å². The Morgan fingerprint density at radius 2 is 2.15 bits per heavy atom. The van der Waals surface area contributed by atoms with Gasteiger partial charge in [-0.2, -0.15) is 0 Å². The van der Waals surface area contributed by atoms with E-state index in [1.165, 1.54) is 5.56 Å². The lowest BCUT2D eigenvalue weighted by Gasteiger charge is -2.27. The van der Waals surface area contributed by atoms with Crippen LogP contribution in [0.5, 0.6) is 5.75 Å². The first kappa shape index (κ1) is 11.3. The molecule has 2 aromatic heterocycles. The van der Waals surface area contributed by atoms with Crippen LogP contribution in [0, 0.1) is 0 Å². The maximum absolute atomic E-state index is 5.85. The minimum atomic E-state index is 0.243. The molecule has 3 aromatic rings. The van der Waals surface area contributed by atoms with Gasteiger partial charge in [0.2, 0.25) is 0 Å². The van der Waals surface area contributed by atoms with Gasteiger partial charge < -0.3 is 14.3 Å². The highest BCUT2D eigenvalue weighted by atomic mass is 16.5. The van der Waals surface area contributed by atoms with Gasteiger partial charge in [-0.15, -0.1) is 0 Å². The number of aromatic nitrogens is 4. The molecule has 5 heteroatoms. The second kappa shape index (κ2) is 4.52. The monoisotopic (exact) mass is 266 g/mol. The molecule has 0 radical (unpaired) electrons. The molecule has 0 amide bonds. The van der Waals surface area contributed by atoms with Crippen molar-refractivity contribution in [3.8, 4) is 17.4 Å². The van der Waals surface area contributed by atoms with Crippen LogP contribution in [0.4, 0.5) is 0 Å². The number of para-hydroxylation sites is 1. The number of imidazole rings is 2. The number of benzene rings is 1. The van der Waals surface area contributed by atoms with Crippen molar-refractivity contribution in [2.24, 2.45) is 0 Å². The number of rotatable bonds is 2. The molecular formula is C15H14N4O. The largest absolute Gasteiger partial charge is 0.491 e. The standard InChI is InChI=1S/C15H14N4O/c1-2-4-13-11(3-1)9-12(10-20-13)19-8-7-18-15(19)14-16-5-6-17-14/h1-8,12H,9-10H2,(H,16,17). The van der Waals surface area contributed by atoms with Crippen molar-refractivity contribution < 1.29 is 4.74 Å². The highest BCUT2D eigenvalue weighted by Gasteiger charge is 2.23. The molecule has 4 rings (SSSR count). The molecule has 1 N–H and O–H groups in total. The first-order chi connectivity index (χ1) is 9.92. The normalized spacial score (nSPS) is 17.5. The van der Waals surface area contributed by atoms with Gasteiger partial charge in [0, 0.05) is 31.2 Å². The molecule has 1 aliphatic heterocycles. The van der Waals surface area contributed by atoms with Crippen LogP contribution in [0.2, 0.25) is 0 Å². The lowest BCUT2D eigenvalue weighted by atomic mass is 10.0. The number of hydrogen-bond acceptors (Lipinski definition) is 3. The van der Waals surface area contributed by atoms with Crippen LogP contribution in [-0.2, 0) is 6.42 Å². The molecule has 1 aromatic carbocycles. The van der Waals surface area contributed by atoms with Gasteiger partial charge >= 0.3 is 0 Å². The second-order valence-corrected chi connectivity index (χ2v) is 4.87. The van der Waals surface area contributed by atoms with E-state index < -0.39 is 0 Å². The summed E-state index contributed by atoms with van der Waals surface area (Å²) < 4.78 is 7.99. The van der Waals surface area contributed by atoms with Gasteiger partial charge in [-0.25, -0.2) is 9.97 Å². The Morgan fingerprint density at radius 1 is 1.20 bits per heavy atom. The molecule has 0 saturated heterocycles. The number of hydrogen-bond donors (Lipinski definition) is 1. The molecule has 0 saturated carbocycles. The smallest absolute Gasteiger partial charge is 0.176 e. The zero-order valence-electron chi connectivity index (χ0n) is 10.9. The minimum absolute atomic E-state index is 0.243. The topological polar surface area (TPSA) is 55.7 Å². The van der Waals surface area contributed by atoms with Gasteiger partial charge in [-0.05, 0) is 11.6 Å². The number of nitrogens with one attached hydrogen (secondary N) is 1. The molecule has 5 nitrogen and oxygen atoms in total. The van der Waals surface area contributed by atoms with Crippen LogP contribution in [0.25, 0.3) is 11.6 Å². The third-order valence-corrected chi connectivity index (χ3v) is 3.63. The van der Waals surface area contributed by atoms with Crippen molar-refractivity contribution in [2.75, 3.05) is 6.61 Å². The third kappa shape index (κ3) is 1.79. The highest BCUT2D eigenvalue weighted by molar-refractivity contribution is 5.44. The Kier molecular flexibility index (Phi) is 2.55. The molecule has 1 atom stereocenters. The zero-order chi connectivity index (χ0) is 13.4. The Bertz CT molecular complexity index is 717. The first-order valence-corrected chi connectivity index (χ1v) is 6.65. The number of aromatic amines is 1. The fraction of sp³-hybridized carbons (Fsp3) is 0.200. The van der Waals surface area contributed by atoms with E-state index in [0.717, 1.165) is 23.8 Å². The summed E-state index contributed by atoms with van der Waals surface area (Å²) in [5.74, 6) is 2.63. The molecule has 100 valence electrons. The Hall–Kier alpha value is -2.56. The van der Waals surface area contributed by atoms with Crippen molar-refractivity contribution in [3.63, 3.8) is 0 Å². The molecule has 3 heterocycles. The molecule has 0 spiro atoms. The summed E-state index contributed by atoms with van der Waals surface area (Å²) in [6.07, 6.45) is 8.28. The van der Waals surface area contributed by atoms with E-state index in [-0.39, 0.29) is 6.04 Å². The lowest BCUT2D eigenvalue weighted by Crippen LogP contribution is -2.24. The van der Waals surface area contributed by atoms with E-state index in [9.17, 15) is 0 Å². The third-order valence-electron chi connectivity index (χ3n) is 3.63. The average molecular weight is 266 g/mol. The predicted octanol–water partition coefficient (Wildman–Crippen LogP) is 2.45. The van der Waals surface area contributed by atoms with E-state index in [1.807, 2.05) is 24.4 Å². The SMILES string of the molecule is c1ccc2c(c1)CC(n1ccnc1-c1ncc[nH]1)CO2. The predicted molar refractivity (Wildman–Crippen MR) is 74.5 cm³/mol. The van der Waals surface area contributed by atoms with Crippen LogP contribution in [0.15, 0.2) is 49.1 Å². The fourth-order valence-corrected chi connectivity index (χ4v) is 2.67. The van der Waals surface area contributed by atoms with Crippen molar-refractivity contribution >= 4 is 0 Å². The fourth-order valence-electron chi connectivity index (χ4n) is 2.67. The summed E-state index contributed by atoms with van der Waals surface area (Å²) >= 11 is 0. The van der Waals surface area contributed by atoms with Gasteiger partial charge in [-0.3, -0.25) is 0 Å². The van der Waals surface area contributed by atoms with Crippen LogP contribution in [0.1, 0.15) is 11.6 Å². The Labute approximate surface area is 116 Å². The van der Waals surface area contributed by atoms with Crippen molar-refractivity contribution in [1.82, 2.24) is 19.5 Å². The molecule has 1 unspecified atom stereocenters. The quantitative estimate of drug-likeness (QED) is 0.775. The molecular weight excluding hydrogens is 252 g/mol. The number of ether oxygens (including phenoxy) is 1. The van der Waals surface area contributed by atoms with Gasteiger partial charge in [0.25, 0.3) is 0 Å². The average Bonchev–Trinajstić information content (AvgIpc) is 3.17. The van der Waals surface area contributed by atoms with Crippen molar-refractivity contribution in [1.29, 1.82) is 0 Å². The van der Waals surface area contributed by atoms with Crippen LogP contribution in [0.3, 0.4) is 0 Å². The zero-order valence-corrected chi connectivity index (χ0v) is 10.9. The van der Waals surface area contributed by atoms with E-state index >= 15 is 0 Å². The van der Waals surface area contributed by atoms with Crippen molar-refractivity contribution in [3.05, 3.63) is 54.6 Å². The van der Waals surface area contributed by atoms with Crippen LogP contribution < -0.4 is 4.74 Å². The summed E-state index contributed by atoms with van der Waals surface area (Å²) in [6.45, 7) is 0.654. The molecule has 20 heavy (non-hydrogen) atoms. The molecule has 0 aliphatic carbocycles. The van der Waals surface area contributed by atoms with E-state index in [4.69, 9.17) is 4.74 Å². The summed E-state index contributed by atoms with van der Waals surface area (Å²) in [7, 11) is 0. The maximum atomic E-state index is 5.85. The van der Waals surface area contributed by atoms with Crippen molar-refractivity contribution in [2.45, 2.75) is 12.5 Å². The summed E-state index contributed by atoms with van der Waals surface area (Å²) in [5.41, 5.74) is 1.24. The van der Waals surface area contributed by atoms with Gasteiger partial charge in [0.1, 0.15) is 12.4 Å².